The van der Waals surface area contributed by atoms with Gasteiger partial charge in [0.25, 0.3) is 0 Å². The molecule has 0 radical (unpaired) electrons. The van der Waals surface area contributed by atoms with Crippen LogP contribution < -0.4 is 5.32 Å². The molecule has 2 aliphatic carbocycles. The fourth-order valence-corrected chi connectivity index (χ4v) is 4.17. The quantitative estimate of drug-likeness (QED) is 0.766. The molecule has 20 heavy (non-hydrogen) atoms. The molecule has 0 spiro atoms. The SMILES string of the molecule is CCNC1CCC(C(C)C)CC1CN(C)CC1CC1C. The standard InChI is InChI=1S/C18H36N2/c1-6-19-18-8-7-15(13(2)3)10-17(18)12-20(5)11-16-9-14(16)4/h13-19H,6-12H2,1-5H3. The summed E-state index contributed by atoms with van der Waals surface area (Å²) in [5.41, 5.74) is 0. The van der Waals surface area contributed by atoms with Crippen molar-refractivity contribution >= 4 is 0 Å². The largest absolute Gasteiger partial charge is 0.314 e. The van der Waals surface area contributed by atoms with Crippen LogP contribution in [0, 0.1) is 29.6 Å². The number of hydrogen-bond acceptors (Lipinski definition) is 2. The van der Waals surface area contributed by atoms with Crippen LogP contribution in [-0.2, 0) is 0 Å². The second-order valence-corrected chi connectivity index (χ2v) is 7.94. The molecule has 1 N–H and O–H groups in total. The first-order valence-corrected chi connectivity index (χ1v) is 8.93. The Kier molecular flexibility index (Phi) is 5.92. The van der Waals surface area contributed by atoms with E-state index in [2.05, 4.69) is 45.0 Å². The zero-order valence-electron chi connectivity index (χ0n) is 14.4. The van der Waals surface area contributed by atoms with Gasteiger partial charge in [-0.3, -0.25) is 0 Å². The Labute approximate surface area is 126 Å². The number of nitrogens with one attached hydrogen (secondary N) is 1. The van der Waals surface area contributed by atoms with Gasteiger partial charge in [0.2, 0.25) is 0 Å². The molecule has 0 saturated heterocycles. The predicted octanol–water partition coefficient (Wildman–Crippen LogP) is 3.62. The van der Waals surface area contributed by atoms with E-state index in [-0.39, 0.29) is 0 Å². The van der Waals surface area contributed by atoms with Crippen LogP contribution in [0.3, 0.4) is 0 Å². The van der Waals surface area contributed by atoms with Gasteiger partial charge in [-0.15, -0.1) is 0 Å². The van der Waals surface area contributed by atoms with Crippen LogP contribution in [0.1, 0.15) is 53.4 Å². The predicted molar refractivity (Wildman–Crippen MR) is 87.9 cm³/mol. The van der Waals surface area contributed by atoms with Crippen molar-refractivity contribution in [1.29, 1.82) is 0 Å². The smallest absolute Gasteiger partial charge is 0.0108 e. The highest BCUT2D eigenvalue weighted by molar-refractivity contribution is 4.89. The minimum atomic E-state index is 0.758. The van der Waals surface area contributed by atoms with Crippen molar-refractivity contribution in [2.24, 2.45) is 29.6 Å². The van der Waals surface area contributed by atoms with Crippen LogP contribution in [0.2, 0.25) is 0 Å². The number of hydrogen-bond donors (Lipinski definition) is 1. The Bertz CT molecular complexity index is 289. The summed E-state index contributed by atoms with van der Waals surface area (Å²) in [4.78, 5) is 2.62. The maximum atomic E-state index is 3.75. The highest BCUT2D eigenvalue weighted by Crippen LogP contribution is 2.39. The summed E-state index contributed by atoms with van der Waals surface area (Å²) in [6, 6.07) is 0.758. The molecular weight excluding hydrogens is 244 g/mol. The number of rotatable bonds is 7. The maximum Gasteiger partial charge on any atom is 0.0108 e. The third-order valence-corrected chi connectivity index (χ3v) is 5.80. The van der Waals surface area contributed by atoms with Crippen LogP contribution in [0.5, 0.6) is 0 Å². The molecule has 0 aromatic heterocycles. The molecule has 2 aliphatic rings. The Morgan fingerprint density at radius 1 is 1.10 bits per heavy atom. The highest BCUT2D eigenvalue weighted by atomic mass is 15.1. The third-order valence-electron chi connectivity index (χ3n) is 5.80. The minimum absolute atomic E-state index is 0.758. The van der Waals surface area contributed by atoms with Gasteiger partial charge in [-0.1, -0.05) is 27.7 Å². The van der Waals surface area contributed by atoms with Gasteiger partial charge in [-0.2, -0.15) is 0 Å². The molecule has 2 rings (SSSR count). The fraction of sp³-hybridized carbons (Fsp3) is 1.00. The van der Waals surface area contributed by atoms with Gasteiger partial charge in [0.15, 0.2) is 0 Å². The molecule has 0 amide bonds. The van der Waals surface area contributed by atoms with E-state index in [0.29, 0.717) is 0 Å². The van der Waals surface area contributed by atoms with Gasteiger partial charge >= 0.3 is 0 Å². The van der Waals surface area contributed by atoms with E-state index < -0.39 is 0 Å². The molecule has 118 valence electrons. The van der Waals surface area contributed by atoms with Gasteiger partial charge in [0, 0.05) is 19.1 Å². The molecule has 0 aromatic rings. The van der Waals surface area contributed by atoms with Crippen molar-refractivity contribution in [2.45, 2.75) is 59.4 Å². The second kappa shape index (κ2) is 7.26. The lowest BCUT2D eigenvalue weighted by Gasteiger charge is -2.40. The topological polar surface area (TPSA) is 15.3 Å². The van der Waals surface area contributed by atoms with Gasteiger partial charge in [0.1, 0.15) is 0 Å². The Morgan fingerprint density at radius 3 is 2.30 bits per heavy atom. The molecule has 0 heterocycles. The van der Waals surface area contributed by atoms with Crippen molar-refractivity contribution in [1.82, 2.24) is 10.2 Å². The molecule has 0 aliphatic heterocycles. The zero-order chi connectivity index (χ0) is 14.7. The first-order valence-electron chi connectivity index (χ1n) is 8.93. The molecular formula is C18H36N2. The summed E-state index contributed by atoms with van der Waals surface area (Å²) in [7, 11) is 2.34. The fourth-order valence-electron chi connectivity index (χ4n) is 4.17. The van der Waals surface area contributed by atoms with Crippen LogP contribution in [-0.4, -0.2) is 37.6 Å². The Balaban J connectivity index is 1.85. The third kappa shape index (κ3) is 4.46. The summed E-state index contributed by atoms with van der Waals surface area (Å²) < 4.78 is 0. The lowest BCUT2D eigenvalue weighted by atomic mass is 9.73. The maximum absolute atomic E-state index is 3.75. The first-order chi connectivity index (χ1) is 9.51. The van der Waals surface area contributed by atoms with E-state index in [1.54, 1.807) is 0 Å². The van der Waals surface area contributed by atoms with Crippen molar-refractivity contribution in [3.8, 4) is 0 Å². The van der Waals surface area contributed by atoms with Gasteiger partial charge in [-0.05, 0) is 68.9 Å². The highest BCUT2D eigenvalue weighted by Gasteiger charge is 2.35. The van der Waals surface area contributed by atoms with E-state index in [0.717, 1.165) is 42.2 Å². The van der Waals surface area contributed by atoms with Gasteiger partial charge in [0.05, 0.1) is 0 Å². The van der Waals surface area contributed by atoms with Gasteiger partial charge < -0.3 is 10.2 Å². The van der Waals surface area contributed by atoms with Crippen molar-refractivity contribution in [2.75, 3.05) is 26.7 Å². The molecule has 5 unspecified atom stereocenters. The normalized spacial score (nSPS) is 37.6. The van der Waals surface area contributed by atoms with Crippen LogP contribution in [0.15, 0.2) is 0 Å². The second-order valence-electron chi connectivity index (χ2n) is 7.94. The summed E-state index contributed by atoms with van der Waals surface area (Å²) in [6.07, 6.45) is 5.70. The van der Waals surface area contributed by atoms with E-state index in [4.69, 9.17) is 0 Å². The molecule has 5 atom stereocenters. The van der Waals surface area contributed by atoms with Crippen molar-refractivity contribution in [3.05, 3.63) is 0 Å². The lowest BCUT2D eigenvalue weighted by Crippen LogP contribution is -2.46. The summed E-state index contributed by atoms with van der Waals surface area (Å²) >= 11 is 0. The van der Waals surface area contributed by atoms with E-state index >= 15 is 0 Å². The molecule has 2 saturated carbocycles. The monoisotopic (exact) mass is 280 g/mol. The molecule has 0 bridgehead atoms. The summed E-state index contributed by atoms with van der Waals surface area (Å²) in [5.74, 6) is 4.63. The van der Waals surface area contributed by atoms with Crippen LogP contribution in [0.25, 0.3) is 0 Å². The van der Waals surface area contributed by atoms with E-state index in [1.807, 2.05) is 0 Å². The molecule has 0 aromatic carbocycles. The number of nitrogens with zero attached hydrogens (tertiary/aromatic N) is 1. The minimum Gasteiger partial charge on any atom is -0.314 e. The molecule has 2 nitrogen and oxygen atoms in total. The van der Waals surface area contributed by atoms with E-state index in [9.17, 15) is 0 Å². The average Bonchev–Trinajstić information content (AvgIpc) is 3.06. The summed E-state index contributed by atoms with van der Waals surface area (Å²) in [5, 5.41) is 3.75. The summed E-state index contributed by atoms with van der Waals surface area (Å²) in [6.45, 7) is 13.2. The Morgan fingerprint density at radius 2 is 1.75 bits per heavy atom. The first kappa shape index (κ1) is 16.3. The van der Waals surface area contributed by atoms with Crippen LogP contribution in [0.4, 0.5) is 0 Å². The van der Waals surface area contributed by atoms with Crippen molar-refractivity contribution < 1.29 is 0 Å². The van der Waals surface area contributed by atoms with Gasteiger partial charge in [-0.25, -0.2) is 0 Å². The average molecular weight is 280 g/mol. The zero-order valence-corrected chi connectivity index (χ0v) is 14.4. The van der Waals surface area contributed by atoms with E-state index in [1.165, 1.54) is 38.8 Å². The van der Waals surface area contributed by atoms with Crippen LogP contribution >= 0.6 is 0 Å². The Hall–Kier alpha value is -0.0800. The molecule has 2 fully saturated rings. The lowest BCUT2D eigenvalue weighted by molar-refractivity contribution is 0.131. The molecule has 2 heteroatoms. The van der Waals surface area contributed by atoms with Crippen molar-refractivity contribution in [3.63, 3.8) is 0 Å².